The molecule has 1 amide bonds. The van der Waals surface area contributed by atoms with Crippen molar-refractivity contribution in [1.29, 1.82) is 0 Å². The van der Waals surface area contributed by atoms with Crippen molar-refractivity contribution in [3.63, 3.8) is 0 Å². The molecule has 8 nitrogen and oxygen atoms in total. The van der Waals surface area contributed by atoms with Crippen LogP contribution in [0.1, 0.15) is 10.4 Å². The lowest BCUT2D eigenvalue weighted by atomic mass is 10.2. The molecule has 1 aromatic heterocycles. The molecule has 0 spiro atoms. The number of ether oxygens (including phenoxy) is 1. The SMILES string of the molecule is COC(=O)c1ccc(NC(=O)CSc2nnc(-c3ccc(N)cc3)n2C)cc1. The van der Waals surface area contributed by atoms with Crippen LogP contribution >= 0.6 is 11.8 Å². The first kappa shape index (κ1) is 19.4. The van der Waals surface area contributed by atoms with Crippen LogP contribution in [-0.4, -0.2) is 39.5 Å². The molecule has 0 unspecified atom stereocenters. The average molecular weight is 397 g/mol. The van der Waals surface area contributed by atoms with E-state index in [-0.39, 0.29) is 11.7 Å². The minimum atomic E-state index is -0.423. The summed E-state index contributed by atoms with van der Waals surface area (Å²) < 4.78 is 6.47. The molecule has 3 aromatic rings. The number of carbonyl (C=O) groups is 2. The van der Waals surface area contributed by atoms with Gasteiger partial charge in [0.25, 0.3) is 0 Å². The number of rotatable bonds is 6. The van der Waals surface area contributed by atoms with Crippen molar-refractivity contribution >= 4 is 35.0 Å². The number of amides is 1. The summed E-state index contributed by atoms with van der Waals surface area (Å²) in [5, 5.41) is 11.7. The Hall–Kier alpha value is -3.33. The van der Waals surface area contributed by atoms with Crippen LogP contribution in [0.3, 0.4) is 0 Å². The maximum atomic E-state index is 12.2. The Bertz CT molecular complexity index is 984. The minimum absolute atomic E-state index is 0.173. The summed E-state index contributed by atoms with van der Waals surface area (Å²) in [5.74, 6) is 0.258. The van der Waals surface area contributed by atoms with Crippen LogP contribution in [0.4, 0.5) is 11.4 Å². The number of nitrogens with two attached hydrogens (primary N) is 1. The standard InChI is InChI=1S/C19H19N5O3S/c1-24-17(12-3-7-14(20)8-4-12)22-23-19(24)28-11-16(25)21-15-9-5-13(6-10-15)18(26)27-2/h3-10H,11,20H2,1-2H3,(H,21,25). The average Bonchev–Trinajstić information content (AvgIpc) is 3.07. The smallest absolute Gasteiger partial charge is 0.337 e. The van der Waals surface area contributed by atoms with Crippen molar-refractivity contribution in [2.45, 2.75) is 5.16 Å². The predicted molar refractivity (Wildman–Crippen MR) is 108 cm³/mol. The summed E-state index contributed by atoms with van der Waals surface area (Å²) in [6.45, 7) is 0. The van der Waals surface area contributed by atoms with Crippen molar-refractivity contribution in [2.24, 2.45) is 7.05 Å². The van der Waals surface area contributed by atoms with Crippen LogP contribution in [0.5, 0.6) is 0 Å². The van der Waals surface area contributed by atoms with Gasteiger partial charge in [-0.25, -0.2) is 4.79 Å². The van der Waals surface area contributed by atoms with Gasteiger partial charge in [0.05, 0.1) is 18.4 Å². The number of hydrogen-bond acceptors (Lipinski definition) is 7. The van der Waals surface area contributed by atoms with Gasteiger partial charge in [0.2, 0.25) is 5.91 Å². The molecule has 0 radical (unpaired) electrons. The van der Waals surface area contributed by atoms with E-state index < -0.39 is 5.97 Å². The van der Waals surface area contributed by atoms with Gasteiger partial charge in [0.15, 0.2) is 11.0 Å². The number of nitrogen functional groups attached to an aromatic ring is 1. The molecule has 0 saturated carbocycles. The van der Waals surface area contributed by atoms with E-state index in [2.05, 4.69) is 20.3 Å². The fraction of sp³-hybridized carbons (Fsp3) is 0.158. The second kappa shape index (κ2) is 8.57. The fourth-order valence-corrected chi connectivity index (χ4v) is 3.17. The molecule has 0 aliphatic heterocycles. The number of thioether (sulfide) groups is 1. The molecule has 0 saturated heterocycles. The number of hydrogen-bond donors (Lipinski definition) is 2. The molecular formula is C19H19N5O3S. The number of benzene rings is 2. The molecule has 3 rings (SSSR count). The van der Waals surface area contributed by atoms with Crippen LogP contribution in [0, 0.1) is 0 Å². The molecule has 144 valence electrons. The Kier molecular flexibility index (Phi) is 5.95. The van der Waals surface area contributed by atoms with E-state index >= 15 is 0 Å². The van der Waals surface area contributed by atoms with E-state index in [1.165, 1.54) is 18.9 Å². The van der Waals surface area contributed by atoms with Crippen LogP contribution < -0.4 is 11.1 Å². The molecule has 0 fully saturated rings. The molecular weight excluding hydrogens is 378 g/mol. The highest BCUT2D eigenvalue weighted by Gasteiger charge is 2.13. The van der Waals surface area contributed by atoms with Crippen LogP contribution in [-0.2, 0) is 16.6 Å². The third kappa shape index (κ3) is 4.49. The number of aromatic nitrogens is 3. The Morgan fingerprint density at radius 1 is 1.11 bits per heavy atom. The van der Waals surface area contributed by atoms with Crippen molar-refractivity contribution in [3.8, 4) is 11.4 Å². The van der Waals surface area contributed by atoms with Gasteiger partial charge in [0.1, 0.15) is 0 Å². The van der Waals surface area contributed by atoms with Crippen LogP contribution in [0.25, 0.3) is 11.4 Å². The molecule has 0 bridgehead atoms. The normalized spacial score (nSPS) is 10.5. The van der Waals surface area contributed by atoms with Gasteiger partial charge in [0, 0.05) is 24.0 Å². The highest BCUT2D eigenvalue weighted by atomic mass is 32.2. The lowest BCUT2D eigenvalue weighted by Gasteiger charge is -2.06. The van der Waals surface area contributed by atoms with E-state index in [4.69, 9.17) is 5.73 Å². The predicted octanol–water partition coefficient (Wildman–Crippen LogP) is 2.58. The summed E-state index contributed by atoms with van der Waals surface area (Å²) >= 11 is 1.28. The van der Waals surface area contributed by atoms with E-state index in [9.17, 15) is 9.59 Å². The van der Waals surface area contributed by atoms with Gasteiger partial charge >= 0.3 is 5.97 Å². The zero-order valence-electron chi connectivity index (χ0n) is 15.4. The van der Waals surface area contributed by atoms with Gasteiger partial charge in [-0.2, -0.15) is 0 Å². The zero-order chi connectivity index (χ0) is 20.1. The molecule has 28 heavy (non-hydrogen) atoms. The second-order valence-corrected chi connectivity index (χ2v) is 6.84. The summed E-state index contributed by atoms with van der Waals surface area (Å²) in [5.41, 5.74) is 8.30. The van der Waals surface area contributed by atoms with Crippen LogP contribution in [0.15, 0.2) is 53.7 Å². The molecule has 9 heteroatoms. The van der Waals surface area contributed by atoms with Gasteiger partial charge in [-0.1, -0.05) is 11.8 Å². The maximum absolute atomic E-state index is 12.2. The van der Waals surface area contributed by atoms with Gasteiger partial charge in [-0.3, -0.25) is 4.79 Å². The topological polar surface area (TPSA) is 112 Å². The van der Waals surface area contributed by atoms with Gasteiger partial charge in [-0.15, -0.1) is 10.2 Å². The Morgan fingerprint density at radius 2 is 1.79 bits per heavy atom. The third-order valence-electron chi connectivity index (χ3n) is 3.93. The highest BCUT2D eigenvalue weighted by Crippen LogP contribution is 2.23. The first-order valence-corrected chi connectivity index (χ1v) is 9.33. The first-order valence-electron chi connectivity index (χ1n) is 8.34. The molecule has 0 aliphatic carbocycles. The van der Waals surface area contributed by atoms with Crippen LogP contribution in [0.2, 0.25) is 0 Å². The van der Waals surface area contributed by atoms with Crippen molar-refractivity contribution < 1.29 is 14.3 Å². The quantitative estimate of drug-likeness (QED) is 0.373. The summed E-state index contributed by atoms with van der Waals surface area (Å²) in [6.07, 6.45) is 0. The fourth-order valence-electron chi connectivity index (χ4n) is 2.46. The number of methoxy groups -OCH3 is 1. The van der Waals surface area contributed by atoms with Crippen molar-refractivity contribution in [1.82, 2.24) is 14.8 Å². The van der Waals surface area contributed by atoms with E-state index in [1.54, 1.807) is 36.4 Å². The largest absolute Gasteiger partial charge is 0.465 e. The van der Waals surface area contributed by atoms with Gasteiger partial charge < -0.3 is 20.4 Å². The third-order valence-corrected chi connectivity index (χ3v) is 4.95. The Labute approximate surface area is 166 Å². The molecule has 0 aliphatic rings. The second-order valence-electron chi connectivity index (χ2n) is 5.89. The zero-order valence-corrected chi connectivity index (χ0v) is 16.2. The number of esters is 1. The summed E-state index contributed by atoms with van der Waals surface area (Å²) in [7, 11) is 3.16. The highest BCUT2D eigenvalue weighted by molar-refractivity contribution is 7.99. The summed E-state index contributed by atoms with van der Waals surface area (Å²) in [4.78, 5) is 23.6. The number of nitrogens with zero attached hydrogens (tertiary/aromatic N) is 3. The van der Waals surface area contributed by atoms with Crippen molar-refractivity contribution in [3.05, 3.63) is 54.1 Å². The summed E-state index contributed by atoms with van der Waals surface area (Å²) in [6, 6.07) is 13.8. The van der Waals surface area contributed by atoms with Gasteiger partial charge in [-0.05, 0) is 48.5 Å². The van der Waals surface area contributed by atoms with Crippen molar-refractivity contribution in [2.75, 3.05) is 23.9 Å². The lowest BCUT2D eigenvalue weighted by Crippen LogP contribution is -2.14. The van der Waals surface area contributed by atoms with E-state index in [0.717, 1.165) is 5.56 Å². The minimum Gasteiger partial charge on any atom is -0.465 e. The Morgan fingerprint density at radius 3 is 2.43 bits per heavy atom. The lowest BCUT2D eigenvalue weighted by molar-refractivity contribution is -0.113. The molecule has 1 heterocycles. The number of carbonyl (C=O) groups excluding carboxylic acids is 2. The maximum Gasteiger partial charge on any atom is 0.337 e. The first-order chi connectivity index (χ1) is 13.5. The van der Waals surface area contributed by atoms with E-state index in [0.29, 0.717) is 27.9 Å². The number of anilines is 2. The molecule has 2 aromatic carbocycles. The molecule has 0 atom stereocenters. The number of nitrogens with one attached hydrogen (secondary N) is 1. The monoisotopic (exact) mass is 397 g/mol. The van der Waals surface area contributed by atoms with E-state index in [1.807, 2.05) is 23.7 Å². The molecule has 3 N–H and O–H groups in total. The Balaban J connectivity index is 1.59.